The van der Waals surface area contributed by atoms with Crippen molar-refractivity contribution < 1.29 is 14.3 Å². The normalized spacial score (nSPS) is 10.1. The molecule has 5 heteroatoms. The van der Waals surface area contributed by atoms with Crippen molar-refractivity contribution in [1.29, 1.82) is 0 Å². The summed E-state index contributed by atoms with van der Waals surface area (Å²) in [5, 5.41) is 0. The van der Waals surface area contributed by atoms with Gasteiger partial charge in [0.05, 0.1) is 13.5 Å². The first-order valence-electron chi connectivity index (χ1n) is 6.00. The Labute approximate surface area is 121 Å². The van der Waals surface area contributed by atoms with Crippen molar-refractivity contribution in [2.45, 2.75) is 19.8 Å². The molecular formula is C14H18BrNO3. The third-order valence-electron chi connectivity index (χ3n) is 2.78. The summed E-state index contributed by atoms with van der Waals surface area (Å²) in [6.45, 7) is 1.97. The highest BCUT2D eigenvalue weighted by atomic mass is 79.9. The van der Waals surface area contributed by atoms with Gasteiger partial charge >= 0.3 is 0 Å². The number of amides is 1. The lowest BCUT2D eigenvalue weighted by Crippen LogP contribution is -2.30. The van der Waals surface area contributed by atoms with Crippen LogP contribution in [0.25, 0.3) is 0 Å². The Morgan fingerprint density at radius 1 is 1.37 bits per heavy atom. The molecule has 0 aliphatic carbocycles. The molecular weight excluding hydrogens is 310 g/mol. The van der Waals surface area contributed by atoms with E-state index in [1.807, 2.05) is 18.2 Å². The molecule has 19 heavy (non-hydrogen) atoms. The van der Waals surface area contributed by atoms with E-state index in [2.05, 4.69) is 15.9 Å². The molecule has 0 unspecified atom stereocenters. The Morgan fingerprint density at radius 3 is 2.63 bits per heavy atom. The zero-order valence-corrected chi connectivity index (χ0v) is 13.0. The maximum atomic E-state index is 11.7. The number of halogens is 1. The fraction of sp³-hybridized carbons (Fsp3) is 0.429. The van der Waals surface area contributed by atoms with E-state index in [1.54, 1.807) is 19.1 Å². The number of hydrogen-bond donors (Lipinski definition) is 0. The van der Waals surface area contributed by atoms with Crippen LogP contribution in [0.15, 0.2) is 22.7 Å². The molecule has 1 amide bonds. The zero-order valence-electron chi connectivity index (χ0n) is 11.4. The van der Waals surface area contributed by atoms with Crippen LogP contribution >= 0.6 is 15.9 Å². The highest BCUT2D eigenvalue weighted by Gasteiger charge is 2.12. The van der Waals surface area contributed by atoms with E-state index in [0.29, 0.717) is 13.0 Å². The van der Waals surface area contributed by atoms with Gasteiger partial charge in [0.1, 0.15) is 11.5 Å². The first-order chi connectivity index (χ1) is 8.93. The number of rotatable bonds is 6. The Hall–Kier alpha value is -1.36. The van der Waals surface area contributed by atoms with Gasteiger partial charge in [0, 0.05) is 18.1 Å². The van der Waals surface area contributed by atoms with Crippen LogP contribution in [0.5, 0.6) is 5.75 Å². The fourth-order valence-electron chi connectivity index (χ4n) is 1.70. The number of ketones is 1. The van der Waals surface area contributed by atoms with Crippen LogP contribution in [0.3, 0.4) is 0 Å². The number of Topliss-reactive ketones (excluding diaryl/α,β-unsaturated/α-hetero) is 1. The molecule has 1 aromatic carbocycles. The van der Waals surface area contributed by atoms with E-state index in [9.17, 15) is 9.59 Å². The molecule has 1 rings (SSSR count). The van der Waals surface area contributed by atoms with Gasteiger partial charge in [-0.15, -0.1) is 0 Å². The average molecular weight is 328 g/mol. The van der Waals surface area contributed by atoms with Crippen molar-refractivity contribution in [1.82, 2.24) is 4.90 Å². The van der Waals surface area contributed by atoms with E-state index < -0.39 is 0 Å². The second-order valence-electron chi connectivity index (χ2n) is 4.40. The smallest absolute Gasteiger partial charge is 0.229 e. The van der Waals surface area contributed by atoms with Crippen LogP contribution in [-0.4, -0.2) is 37.3 Å². The topological polar surface area (TPSA) is 46.6 Å². The molecule has 0 bridgehead atoms. The molecule has 0 saturated heterocycles. The second-order valence-corrected chi connectivity index (χ2v) is 5.32. The summed E-state index contributed by atoms with van der Waals surface area (Å²) in [5.41, 5.74) is 1.03. The molecule has 0 atom stereocenters. The monoisotopic (exact) mass is 327 g/mol. The summed E-state index contributed by atoms with van der Waals surface area (Å²) in [7, 11) is 3.33. The van der Waals surface area contributed by atoms with Gasteiger partial charge in [-0.2, -0.15) is 0 Å². The maximum Gasteiger partial charge on any atom is 0.229 e. The molecule has 0 saturated carbocycles. The molecule has 1 aromatic rings. The molecule has 104 valence electrons. The summed E-state index contributed by atoms with van der Waals surface area (Å²) < 4.78 is 6.25. The van der Waals surface area contributed by atoms with Crippen LogP contribution < -0.4 is 4.74 Å². The molecule has 0 N–H and O–H groups in total. The lowest BCUT2D eigenvalue weighted by molar-refractivity contribution is -0.133. The number of likely N-dealkylation sites (N-methyl/N-ethyl adjacent to an activating group) is 1. The van der Waals surface area contributed by atoms with Gasteiger partial charge in [0.25, 0.3) is 0 Å². The first-order valence-corrected chi connectivity index (χ1v) is 6.79. The lowest BCUT2D eigenvalue weighted by Gasteiger charge is -2.17. The maximum absolute atomic E-state index is 11.7. The Morgan fingerprint density at radius 2 is 2.05 bits per heavy atom. The minimum Gasteiger partial charge on any atom is -0.496 e. The fourth-order valence-corrected chi connectivity index (χ4v) is 2.11. The zero-order chi connectivity index (χ0) is 14.4. The third kappa shape index (κ3) is 5.03. The van der Waals surface area contributed by atoms with E-state index in [-0.39, 0.29) is 18.1 Å². The van der Waals surface area contributed by atoms with E-state index in [4.69, 9.17) is 4.74 Å². The quantitative estimate of drug-likeness (QED) is 0.754. The van der Waals surface area contributed by atoms with Crippen LogP contribution in [0.1, 0.15) is 18.9 Å². The van der Waals surface area contributed by atoms with Gasteiger partial charge in [-0.1, -0.05) is 15.9 Å². The van der Waals surface area contributed by atoms with E-state index in [1.165, 1.54) is 6.92 Å². The summed E-state index contributed by atoms with van der Waals surface area (Å²) >= 11 is 3.41. The number of benzene rings is 1. The van der Waals surface area contributed by atoms with Gasteiger partial charge in [-0.3, -0.25) is 9.59 Å². The standard InChI is InChI=1S/C14H18BrNO3/c1-10(17)8-14(18)16(2)7-6-11-9-12(15)4-5-13(11)19-3/h4-5,9H,6-8H2,1-3H3. The summed E-state index contributed by atoms with van der Waals surface area (Å²) in [6, 6.07) is 5.77. The van der Waals surface area contributed by atoms with Gasteiger partial charge in [0.15, 0.2) is 0 Å². The van der Waals surface area contributed by atoms with Gasteiger partial charge in [0.2, 0.25) is 5.91 Å². The molecule has 0 spiro atoms. The summed E-state index contributed by atoms with van der Waals surface area (Å²) in [6.07, 6.45) is 0.648. The third-order valence-corrected chi connectivity index (χ3v) is 3.28. The number of carbonyl (C=O) groups excluding carboxylic acids is 2. The number of nitrogens with zero attached hydrogens (tertiary/aromatic N) is 1. The van der Waals surface area contributed by atoms with Crippen LogP contribution in [0, 0.1) is 0 Å². The summed E-state index contributed by atoms with van der Waals surface area (Å²) in [4.78, 5) is 24.1. The number of ether oxygens (including phenoxy) is 1. The van der Waals surface area contributed by atoms with Crippen molar-refractivity contribution in [3.63, 3.8) is 0 Å². The number of methoxy groups -OCH3 is 1. The van der Waals surface area contributed by atoms with E-state index in [0.717, 1.165) is 15.8 Å². The van der Waals surface area contributed by atoms with E-state index >= 15 is 0 Å². The molecule has 0 heterocycles. The highest BCUT2D eigenvalue weighted by Crippen LogP contribution is 2.23. The van der Waals surface area contributed by atoms with Crippen molar-refractivity contribution in [3.05, 3.63) is 28.2 Å². The summed E-state index contributed by atoms with van der Waals surface area (Å²) in [5.74, 6) is 0.536. The second kappa shape index (κ2) is 7.28. The predicted molar refractivity (Wildman–Crippen MR) is 77.3 cm³/mol. The number of hydrogen-bond acceptors (Lipinski definition) is 3. The molecule has 0 radical (unpaired) electrons. The molecule has 0 fully saturated rings. The van der Waals surface area contributed by atoms with Gasteiger partial charge in [-0.05, 0) is 37.1 Å². The van der Waals surface area contributed by atoms with Crippen molar-refractivity contribution in [2.75, 3.05) is 20.7 Å². The van der Waals surface area contributed by atoms with Gasteiger partial charge < -0.3 is 9.64 Å². The van der Waals surface area contributed by atoms with Crippen LogP contribution in [-0.2, 0) is 16.0 Å². The minimum absolute atomic E-state index is 0.0356. The highest BCUT2D eigenvalue weighted by molar-refractivity contribution is 9.10. The van der Waals surface area contributed by atoms with Crippen molar-refractivity contribution in [3.8, 4) is 5.75 Å². The predicted octanol–water partition coefficient (Wildman–Crippen LogP) is 2.44. The first kappa shape index (κ1) is 15.7. The molecule has 4 nitrogen and oxygen atoms in total. The average Bonchev–Trinajstić information content (AvgIpc) is 2.35. The largest absolute Gasteiger partial charge is 0.496 e. The molecule has 0 aromatic heterocycles. The molecule has 0 aliphatic heterocycles. The lowest BCUT2D eigenvalue weighted by atomic mass is 10.1. The Kier molecular flexibility index (Phi) is 6.02. The number of carbonyl (C=O) groups is 2. The van der Waals surface area contributed by atoms with Crippen molar-refractivity contribution in [2.24, 2.45) is 0 Å². The van der Waals surface area contributed by atoms with Crippen molar-refractivity contribution >= 4 is 27.6 Å². The molecule has 0 aliphatic rings. The SMILES string of the molecule is COc1ccc(Br)cc1CCN(C)C(=O)CC(C)=O. The van der Waals surface area contributed by atoms with Gasteiger partial charge in [-0.25, -0.2) is 0 Å². The van der Waals surface area contributed by atoms with Crippen LogP contribution in [0.2, 0.25) is 0 Å². The minimum atomic E-state index is -0.151. The van der Waals surface area contributed by atoms with Crippen LogP contribution in [0.4, 0.5) is 0 Å². The Bertz CT molecular complexity index is 474. The Balaban J connectivity index is 2.63.